The molecule has 0 radical (unpaired) electrons. The van der Waals surface area contributed by atoms with Crippen LogP contribution in [0.3, 0.4) is 0 Å². The predicted molar refractivity (Wildman–Crippen MR) is 133 cm³/mol. The number of fused-ring (bicyclic) bond motifs is 1. The summed E-state index contributed by atoms with van der Waals surface area (Å²) in [5.41, 5.74) is 2.37. The number of carbonyl (C=O) groups excluding carboxylic acids is 2. The molecule has 2 N–H and O–H groups in total. The molecule has 0 bridgehead atoms. The highest BCUT2D eigenvalue weighted by molar-refractivity contribution is 8.00. The summed E-state index contributed by atoms with van der Waals surface area (Å²) in [7, 11) is 1.58. The number of amides is 2. The minimum atomic E-state index is -0.505. The van der Waals surface area contributed by atoms with Crippen molar-refractivity contribution >= 4 is 46.2 Å². The first-order chi connectivity index (χ1) is 16.4. The average molecular weight is 477 g/mol. The van der Waals surface area contributed by atoms with Gasteiger partial charge in [-0.25, -0.2) is 4.98 Å². The smallest absolute Gasteiger partial charge is 0.256 e. The molecular weight excluding hydrogens is 452 g/mol. The van der Waals surface area contributed by atoms with Gasteiger partial charge in [-0.05, 0) is 57.2 Å². The SMILES string of the molecule is COc1ccc(NC(=O)C(C)Sc2nc(NC(=O)c3ccccc3)c3c(C)c(C)oc3n2)cc1. The van der Waals surface area contributed by atoms with Gasteiger partial charge in [-0.15, -0.1) is 0 Å². The number of carbonyl (C=O) groups is 2. The Balaban J connectivity index is 1.57. The molecule has 0 saturated heterocycles. The predicted octanol–water partition coefficient (Wildman–Crippen LogP) is 5.22. The van der Waals surface area contributed by atoms with Gasteiger partial charge in [0.15, 0.2) is 5.16 Å². The number of nitrogens with zero attached hydrogens (tertiary/aromatic N) is 2. The highest BCUT2D eigenvalue weighted by atomic mass is 32.2. The van der Waals surface area contributed by atoms with Crippen molar-refractivity contribution in [2.75, 3.05) is 17.7 Å². The number of aryl methyl sites for hydroxylation is 2. The Morgan fingerprint density at radius 2 is 1.71 bits per heavy atom. The van der Waals surface area contributed by atoms with Gasteiger partial charge in [-0.3, -0.25) is 9.59 Å². The van der Waals surface area contributed by atoms with E-state index in [1.165, 1.54) is 11.8 Å². The Morgan fingerprint density at radius 1 is 1.00 bits per heavy atom. The molecule has 4 rings (SSSR count). The molecule has 1 atom stereocenters. The first-order valence-corrected chi connectivity index (χ1v) is 11.5. The summed E-state index contributed by atoms with van der Waals surface area (Å²) in [4.78, 5) is 34.6. The lowest BCUT2D eigenvalue weighted by Crippen LogP contribution is -2.22. The topological polar surface area (TPSA) is 106 Å². The van der Waals surface area contributed by atoms with Gasteiger partial charge in [-0.2, -0.15) is 4.98 Å². The molecule has 4 aromatic rings. The second kappa shape index (κ2) is 9.96. The maximum atomic E-state index is 12.8. The van der Waals surface area contributed by atoms with E-state index in [0.29, 0.717) is 44.8 Å². The van der Waals surface area contributed by atoms with Crippen LogP contribution >= 0.6 is 11.8 Å². The number of hydrogen-bond donors (Lipinski definition) is 2. The van der Waals surface area contributed by atoms with Crippen LogP contribution in [0.2, 0.25) is 0 Å². The van der Waals surface area contributed by atoms with Crippen LogP contribution in [-0.4, -0.2) is 34.1 Å². The number of nitrogens with one attached hydrogen (secondary N) is 2. The highest BCUT2D eigenvalue weighted by Crippen LogP contribution is 2.32. The second-order valence-corrected chi connectivity index (χ2v) is 8.92. The molecule has 8 nitrogen and oxygen atoms in total. The van der Waals surface area contributed by atoms with Crippen molar-refractivity contribution in [1.29, 1.82) is 0 Å². The Labute approximate surface area is 201 Å². The van der Waals surface area contributed by atoms with E-state index in [2.05, 4.69) is 20.6 Å². The quantitative estimate of drug-likeness (QED) is 0.278. The normalized spacial score (nSPS) is 11.8. The molecule has 0 saturated carbocycles. The Bertz CT molecular complexity index is 1340. The third-order valence-electron chi connectivity index (χ3n) is 5.29. The largest absolute Gasteiger partial charge is 0.497 e. The van der Waals surface area contributed by atoms with Gasteiger partial charge in [0.05, 0.1) is 17.7 Å². The fourth-order valence-corrected chi connectivity index (χ4v) is 4.03. The van der Waals surface area contributed by atoms with Crippen molar-refractivity contribution in [2.24, 2.45) is 0 Å². The van der Waals surface area contributed by atoms with E-state index in [-0.39, 0.29) is 11.8 Å². The number of hydrogen-bond acceptors (Lipinski definition) is 7. The van der Waals surface area contributed by atoms with Gasteiger partial charge in [0.2, 0.25) is 11.6 Å². The monoisotopic (exact) mass is 476 g/mol. The zero-order chi connectivity index (χ0) is 24.2. The minimum Gasteiger partial charge on any atom is -0.497 e. The highest BCUT2D eigenvalue weighted by Gasteiger charge is 2.22. The molecule has 2 heterocycles. The number of thioether (sulfide) groups is 1. The third kappa shape index (κ3) is 5.04. The lowest BCUT2D eigenvalue weighted by atomic mass is 10.2. The molecule has 34 heavy (non-hydrogen) atoms. The first kappa shape index (κ1) is 23.3. The summed E-state index contributed by atoms with van der Waals surface area (Å²) in [6.45, 7) is 5.48. The van der Waals surface area contributed by atoms with Gasteiger partial charge >= 0.3 is 0 Å². The van der Waals surface area contributed by atoms with Crippen LogP contribution in [0.5, 0.6) is 5.75 Å². The zero-order valence-electron chi connectivity index (χ0n) is 19.2. The van der Waals surface area contributed by atoms with E-state index in [1.807, 2.05) is 19.9 Å². The Morgan fingerprint density at radius 3 is 2.38 bits per heavy atom. The van der Waals surface area contributed by atoms with E-state index >= 15 is 0 Å². The summed E-state index contributed by atoms with van der Waals surface area (Å²) in [5.74, 6) is 1.24. The standard InChI is InChI=1S/C25H24N4O4S/c1-14-15(2)33-24-20(14)21(27-23(31)17-8-6-5-7-9-17)28-25(29-24)34-16(3)22(30)26-18-10-12-19(32-4)13-11-18/h5-13,16H,1-4H3,(H,26,30)(H,27,28,29,31). The summed E-state index contributed by atoms with van der Waals surface area (Å²) in [6.07, 6.45) is 0. The summed E-state index contributed by atoms with van der Waals surface area (Å²) in [6, 6.07) is 16.0. The van der Waals surface area contributed by atoms with Crippen LogP contribution in [0.15, 0.2) is 64.2 Å². The van der Waals surface area contributed by atoms with Crippen LogP contribution in [0.4, 0.5) is 11.5 Å². The van der Waals surface area contributed by atoms with E-state index in [9.17, 15) is 9.59 Å². The van der Waals surface area contributed by atoms with Crippen LogP contribution in [0, 0.1) is 13.8 Å². The number of ether oxygens (including phenoxy) is 1. The molecule has 2 aromatic heterocycles. The molecule has 9 heteroatoms. The lowest BCUT2D eigenvalue weighted by Gasteiger charge is -2.13. The number of anilines is 2. The number of benzene rings is 2. The average Bonchev–Trinajstić information content (AvgIpc) is 3.13. The minimum absolute atomic E-state index is 0.208. The second-order valence-electron chi connectivity index (χ2n) is 7.62. The molecule has 2 amide bonds. The van der Waals surface area contributed by atoms with E-state index in [4.69, 9.17) is 9.15 Å². The van der Waals surface area contributed by atoms with Crippen LogP contribution < -0.4 is 15.4 Å². The molecular formula is C25H24N4O4S. The molecule has 0 aliphatic rings. The van der Waals surface area contributed by atoms with E-state index in [1.54, 1.807) is 62.6 Å². The molecule has 2 aromatic carbocycles. The van der Waals surface area contributed by atoms with E-state index in [0.717, 1.165) is 5.56 Å². The number of aromatic nitrogens is 2. The molecule has 174 valence electrons. The fraction of sp³-hybridized carbons (Fsp3) is 0.200. The molecule has 0 fully saturated rings. The summed E-state index contributed by atoms with van der Waals surface area (Å²) >= 11 is 1.18. The van der Waals surface area contributed by atoms with Gasteiger partial charge in [-0.1, -0.05) is 30.0 Å². The Kier molecular flexibility index (Phi) is 6.83. The van der Waals surface area contributed by atoms with Gasteiger partial charge < -0.3 is 19.8 Å². The summed E-state index contributed by atoms with van der Waals surface area (Å²) < 4.78 is 10.9. The van der Waals surface area contributed by atoms with Gasteiger partial charge in [0.25, 0.3) is 5.91 Å². The van der Waals surface area contributed by atoms with E-state index < -0.39 is 5.25 Å². The van der Waals surface area contributed by atoms with Crippen molar-refractivity contribution in [3.05, 3.63) is 71.5 Å². The maximum Gasteiger partial charge on any atom is 0.256 e. The van der Waals surface area contributed by atoms with Crippen molar-refractivity contribution in [1.82, 2.24) is 9.97 Å². The van der Waals surface area contributed by atoms with Crippen molar-refractivity contribution in [3.8, 4) is 5.75 Å². The molecule has 0 aliphatic carbocycles. The zero-order valence-corrected chi connectivity index (χ0v) is 20.0. The van der Waals surface area contributed by atoms with Crippen molar-refractivity contribution in [2.45, 2.75) is 31.2 Å². The van der Waals surface area contributed by atoms with Crippen LogP contribution in [-0.2, 0) is 4.79 Å². The van der Waals surface area contributed by atoms with Crippen LogP contribution in [0.25, 0.3) is 11.1 Å². The fourth-order valence-electron chi connectivity index (χ4n) is 3.27. The van der Waals surface area contributed by atoms with Crippen molar-refractivity contribution < 1.29 is 18.7 Å². The Hall–Kier alpha value is -3.85. The number of rotatable bonds is 7. The van der Waals surface area contributed by atoms with Crippen molar-refractivity contribution in [3.63, 3.8) is 0 Å². The molecule has 1 unspecified atom stereocenters. The van der Waals surface area contributed by atoms with Gasteiger partial charge in [0.1, 0.15) is 17.3 Å². The summed E-state index contributed by atoms with van der Waals surface area (Å²) in [5, 5.41) is 6.20. The first-order valence-electron chi connectivity index (χ1n) is 10.6. The number of furan rings is 1. The third-order valence-corrected chi connectivity index (χ3v) is 6.25. The number of methoxy groups -OCH3 is 1. The lowest BCUT2D eigenvalue weighted by molar-refractivity contribution is -0.115. The van der Waals surface area contributed by atoms with Gasteiger partial charge in [0, 0.05) is 16.8 Å². The maximum absolute atomic E-state index is 12.8. The molecule has 0 aliphatic heterocycles. The van der Waals surface area contributed by atoms with Crippen LogP contribution in [0.1, 0.15) is 28.6 Å². The molecule has 0 spiro atoms.